The second-order valence-corrected chi connectivity index (χ2v) is 4.93. The number of carbonyl (C=O) groups excluding carboxylic acids is 2. The Balaban J connectivity index is 3.88. The van der Waals surface area contributed by atoms with Crippen molar-refractivity contribution in [1.29, 1.82) is 0 Å². The highest BCUT2D eigenvalue weighted by Crippen LogP contribution is 2.13. The minimum Gasteiger partial charge on any atom is -0.460 e. The van der Waals surface area contributed by atoms with Gasteiger partial charge in [-0.05, 0) is 48.2 Å². The van der Waals surface area contributed by atoms with E-state index in [4.69, 9.17) is 9.47 Å². The van der Waals surface area contributed by atoms with Crippen molar-refractivity contribution in [3.05, 3.63) is 0 Å². The fourth-order valence-electron chi connectivity index (χ4n) is 0.570. The molecule has 0 saturated heterocycles. The average Bonchev–Trinajstić information content (AvgIpc) is 2.02. The predicted octanol–water partition coefficient (Wildman–Crippen LogP) is 2.59. The van der Waals surface area contributed by atoms with Crippen LogP contribution in [-0.4, -0.2) is 27.2 Å². The summed E-state index contributed by atoms with van der Waals surface area (Å²) in [5.74, 6) is 0.104. The van der Waals surface area contributed by atoms with Gasteiger partial charge in [0.1, 0.15) is 0 Å². The zero-order valence-corrected chi connectivity index (χ0v) is 11.3. The fourth-order valence-corrected chi connectivity index (χ4v) is 1.52. The van der Waals surface area contributed by atoms with Crippen LogP contribution in [0.1, 0.15) is 20.8 Å². The summed E-state index contributed by atoms with van der Waals surface area (Å²) in [5, 5.41) is -0.451. The molecule has 0 N–H and O–H groups in total. The molecule has 14 heavy (non-hydrogen) atoms. The van der Waals surface area contributed by atoms with E-state index in [1.54, 1.807) is 36.4 Å². The molecule has 0 aromatic rings. The predicted molar refractivity (Wildman–Crippen MR) is 63.6 cm³/mol. The van der Waals surface area contributed by atoms with E-state index < -0.39 is 15.4 Å². The Morgan fingerprint density at radius 1 is 1.36 bits per heavy atom. The topological polar surface area (TPSA) is 52.6 Å². The lowest BCUT2D eigenvalue weighted by Crippen LogP contribution is -2.24. The first-order chi connectivity index (χ1) is 6.47. The lowest BCUT2D eigenvalue weighted by molar-refractivity contribution is -0.151. The molecule has 6 heteroatoms. The van der Waals surface area contributed by atoms with Gasteiger partial charge >= 0.3 is 11.3 Å². The van der Waals surface area contributed by atoms with E-state index in [-0.39, 0.29) is 6.10 Å². The highest BCUT2D eigenvalue weighted by atomic mass is 127. The van der Waals surface area contributed by atoms with Gasteiger partial charge in [-0.2, -0.15) is 0 Å². The van der Waals surface area contributed by atoms with E-state index in [2.05, 4.69) is 0 Å². The standard InChI is InChI=1S/C8H13IO4S/c1-4-14-8(11)13-6(9)7(10)12-5(2)3/h5-6H,4H2,1-3H3. The molecular weight excluding hydrogens is 319 g/mol. The molecule has 82 valence electrons. The van der Waals surface area contributed by atoms with E-state index in [0.717, 1.165) is 11.8 Å². The number of carbonyl (C=O) groups is 2. The second kappa shape index (κ2) is 7.33. The van der Waals surface area contributed by atoms with Crippen molar-refractivity contribution in [3.8, 4) is 0 Å². The maximum Gasteiger partial charge on any atom is 0.368 e. The first-order valence-electron chi connectivity index (χ1n) is 4.15. The summed E-state index contributed by atoms with van der Waals surface area (Å²) < 4.78 is 8.79. The number of thioether (sulfide) groups is 1. The summed E-state index contributed by atoms with van der Waals surface area (Å²) in [6, 6.07) is 0. The molecule has 0 aliphatic carbocycles. The van der Waals surface area contributed by atoms with E-state index in [1.807, 2.05) is 6.92 Å². The highest BCUT2D eigenvalue weighted by Gasteiger charge is 2.21. The van der Waals surface area contributed by atoms with E-state index in [9.17, 15) is 9.59 Å². The van der Waals surface area contributed by atoms with Crippen LogP contribution in [-0.2, 0) is 14.3 Å². The molecule has 1 unspecified atom stereocenters. The second-order valence-electron chi connectivity index (χ2n) is 2.60. The van der Waals surface area contributed by atoms with Gasteiger partial charge in [0, 0.05) is 5.75 Å². The summed E-state index contributed by atoms with van der Waals surface area (Å²) in [7, 11) is 0. The monoisotopic (exact) mass is 332 g/mol. The normalized spacial score (nSPS) is 12.4. The minimum atomic E-state index is -0.860. The van der Waals surface area contributed by atoms with Crippen LogP contribution in [0.4, 0.5) is 4.79 Å². The van der Waals surface area contributed by atoms with Crippen LogP contribution in [0.3, 0.4) is 0 Å². The lowest BCUT2D eigenvalue weighted by Gasteiger charge is -2.12. The quantitative estimate of drug-likeness (QED) is 0.450. The molecule has 0 radical (unpaired) electrons. The number of hydrogen-bond donors (Lipinski definition) is 0. The van der Waals surface area contributed by atoms with Crippen LogP contribution >= 0.6 is 34.4 Å². The number of alkyl halides is 1. The van der Waals surface area contributed by atoms with Crippen molar-refractivity contribution >= 4 is 45.6 Å². The van der Waals surface area contributed by atoms with Crippen molar-refractivity contribution in [1.82, 2.24) is 0 Å². The molecular formula is C8H13IO4S. The van der Waals surface area contributed by atoms with Gasteiger partial charge in [0.15, 0.2) is 0 Å². The number of hydrogen-bond acceptors (Lipinski definition) is 5. The molecule has 1 atom stereocenters. The third-order valence-electron chi connectivity index (χ3n) is 0.999. The SMILES string of the molecule is CCSC(=O)OC(I)C(=O)OC(C)C. The molecule has 0 aliphatic heterocycles. The number of esters is 1. The molecule has 0 saturated carbocycles. The van der Waals surface area contributed by atoms with Crippen molar-refractivity contribution in [2.24, 2.45) is 0 Å². The molecule has 0 rings (SSSR count). The van der Waals surface area contributed by atoms with Gasteiger partial charge in [-0.1, -0.05) is 6.92 Å². The van der Waals surface area contributed by atoms with Crippen molar-refractivity contribution < 1.29 is 19.1 Å². The molecule has 0 aromatic heterocycles. The molecule has 0 aromatic carbocycles. The third-order valence-corrected chi connectivity index (χ3v) is 2.38. The Hall–Kier alpha value is 0.0200. The highest BCUT2D eigenvalue weighted by molar-refractivity contribution is 14.1. The van der Waals surface area contributed by atoms with Gasteiger partial charge in [-0.15, -0.1) is 0 Å². The van der Waals surface area contributed by atoms with Crippen molar-refractivity contribution in [2.75, 3.05) is 5.75 Å². The number of halogens is 1. The molecule has 0 fully saturated rings. The number of ether oxygens (including phenoxy) is 2. The van der Waals surface area contributed by atoms with Crippen molar-refractivity contribution in [3.63, 3.8) is 0 Å². The zero-order valence-electron chi connectivity index (χ0n) is 8.28. The summed E-state index contributed by atoms with van der Waals surface area (Å²) in [4.78, 5) is 22.1. The van der Waals surface area contributed by atoms with Gasteiger partial charge in [0.25, 0.3) is 0 Å². The fraction of sp³-hybridized carbons (Fsp3) is 0.750. The van der Waals surface area contributed by atoms with E-state index >= 15 is 0 Å². The maximum absolute atomic E-state index is 11.2. The van der Waals surface area contributed by atoms with E-state index in [1.165, 1.54) is 0 Å². The number of rotatable bonds is 4. The Kier molecular flexibility index (Phi) is 7.34. The van der Waals surface area contributed by atoms with Crippen LogP contribution in [0.2, 0.25) is 0 Å². The third kappa shape index (κ3) is 6.47. The summed E-state index contributed by atoms with van der Waals surface area (Å²) in [6.45, 7) is 5.31. The zero-order chi connectivity index (χ0) is 11.1. The van der Waals surface area contributed by atoms with Gasteiger partial charge in [-0.25, -0.2) is 9.59 Å². The molecule has 0 spiro atoms. The Bertz CT molecular complexity index is 208. The minimum absolute atomic E-state index is 0.197. The molecule has 0 bridgehead atoms. The lowest BCUT2D eigenvalue weighted by atomic mass is 10.5. The summed E-state index contributed by atoms with van der Waals surface area (Å²) >= 11 is 2.75. The summed E-state index contributed by atoms with van der Waals surface area (Å²) in [5.41, 5.74) is 0. The van der Waals surface area contributed by atoms with Gasteiger partial charge in [-0.3, -0.25) is 0 Å². The van der Waals surface area contributed by atoms with Gasteiger partial charge in [0.2, 0.25) is 4.11 Å². The molecule has 0 heterocycles. The Labute approximate surface area is 101 Å². The maximum atomic E-state index is 11.2. The summed E-state index contributed by atoms with van der Waals surface area (Å²) in [6.07, 6.45) is -0.197. The molecule has 0 amide bonds. The van der Waals surface area contributed by atoms with Gasteiger partial charge < -0.3 is 9.47 Å². The van der Waals surface area contributed by atoms with Crippen LogP contribution in [0.5, 0.6) is 0 Å². The molecule has 0 aliphatic rings. The Morgan fingerprint density at radius 3 is 2.36 bits per heavy atom. The van der Waals surface area contributed by atoms with Crippen LogP contribution in [0, 0.1) is 0 Å². The van der Waals surface area contributed by atoms with E-state index in [0.29, 0.717) is 5.75 Å². The van der Waals surface area contributed by atoms with Gasteiger partial charge in [0.05, 0.1) is 6.10 Å². The first-order valence-corrected chi connectivity index (χ1v) is 6.38. The molecule has 4 nitrogen and oxygen atoms in total. The Morgan fingerprint density at radius 2 is 1.93 bits per heavy atom. The van der Waals surface area contributed by atoms with Crippen LogP contribution in [0.25, 0.3) is 0 Å². The average molecular weight is 332 g/mol. The van der Waals surface area contributed by atoms with Crippen LogP contribution < -0.4 is 0 Å². The first kappa shape index (κ1) is 14.0. The van der Waals surface area contributed by atoms with Crippen LogP contribution in [0.15, 0.2) is 0 Å². The largest absolute Gasteiger partial charge is 0.460 e. The smallest absolute Gasteiger partial charge is 0.368 e. The van der Waals surface area contributed by atoms with Crippen molar-refractivity contribution in [2.45, 2.75) is 31.0 Å².